The molecule has 0 unspecified atom stereocenters. The first-order valence-corrected chi connectivity index (χ1v) is 13.2. The molecule has 2 nitrogen and oxygen atoms in total. The monoisotopic (exact) mass is 516 g/mol. The Morgan fingerprint density at radius 3 is 2.10 bits per heavy atom. The third kappa shape index (κ3) is 3.58. The Balaban J connectivity index is 1.52. The van der Waals surface area contributed by atoms with Crippen molar-refractivity contribution in [2.24, 2.45) is 0 Å². The van der Waals surface area contributed by atoms with Gasteiger partial charge in [0, 0.05) is 22.3 Å². The average molecular weight is 517 g/mol. The predicted octanol–water partition coefficient (Wildman–Crippen LogP) is 11.0. The fraction of sp³-hybridized carbons (Fsp3) is 0. The fourth-order valence-corrected chi connectivity index (χ4v) is 5.72. The molecular formula is C38H25NO. The van der Waals surface area contributed by atoms with Gasteiger partial charge in [-0.25, -0.2) is 0 Å². The molecule has 8 aromatic rings. The van der Waals surface area contributed by atoms with Crippen LogP contribution in [-0.2, 0) is 0 Å². The van der Waals surface area contributed by atoms with E-state index in [1.165, 1.54) is 0 Å². The van der Waals surface area contributed by atoms with Crippen molar-refractivity contribution >= 4 is 60.5 Å². The third-order valence-corrected chi connectivity index (χ3v) is 7.53. The summed E-state index contributed by atoms with van der Waals surface area (Å²) >= 11 is 0. The minimum Gasteiger partial charge on any atom is -0.455 e. The molecule has 0 aliphatic carbocycles. The van der Waals surface area contributed by atoms with Crippen molar-refractivity contribution in [3.63, 3.8) is 0 Å². The van der Waals surface area contributed by atoms with Crippen LogP contribution in [0.1, 0.15) is 6.85 Å². The smallest absolute Gasteiger partial charge is 0.145 e. The summed E-state index contributed by atoms with van der Waals surface area (Å²) in [6.07, 6.45) is 0. The van der Waals surface area contributed by atoms with Crippen molar-refractivity contribution in [2.45, 2.75) is 0 Å². The molecular weight excluding hydrogens is 486 g/mol. The Hall–Kier alpha value is -5.34. The fourth-order valence-electron chi connectivity index (χ4n) is 5.72. The molecule has 2 heteroatoms. The largest absolute Gasteiger partial charge is 0.455 e. The molecule has 7 aromatic carbocycles. The highest BCUT2D eigenvalue weighted by Crippen LogP contribution is 2.46. The van der Waals surface area contributed by atoms with Crippen LogP contribution in [-0.4, -0.2) is 0 Å². The first-order chi connectivity index (χ1) is 21.9. The van der Waals surface area contributed by atoms with Crippen molar-refractivity contribution in [3.05, 3.63) is 152 Å². The lowest BCUT2D eigenvalue weighted by molar-refractivity contribution is 0.670. The van der Waals surface area contributed by atoms with Crippen LogP contribution in [0.3, 0.4) is 0 Å². The summed E-state index contributed by atoms with van der Waals surface area (Å²) in [5.41, 5.74) is 4.62. The molecule has 1 aromatic heterocycles. The lowest BCUT2D eigenvalue weighted by atomic mass is 9.99. The molecule has 0 bridgehead atoms. The Labute approximate surface area is 239 Å². The van der Waals surface area contributed by atoms with E-state index in [2.05, 4.69) is 24.3 Å². The normalized spacial score (nSPS) is 13.2. The summed E-state index contributed by atoms with van der Waals surface area (Å²) in [7, 11) is 0. The Morgan fingerprint density at radius 2 is 1.25 bits per heavy atom. The molecule has 40 heavy (non-hydrogen) atoms. The van der Waals surface area contributed by atoms with E-state index in [0.29, 0.717) is 22.5 Å². The van der Waals surface area contributed by atoms with E-state index in [0.717, 1.165) is 43.4 Å². The van der Waals surface area contributed by atoms with Crippen LogP contribution in [0.25, 0.3) is 54.6 Å². The number of hydrogen-bond acceptors (Lipinski definition) is 2. The average Bonchev–Trinajstić information content (AvgIpc) is 3.48. The van der Waals surface area contributed by atoms with Gasteiger partial charge < -0.3 is 9.32 Å². The molecule has 8 rings (SSSR count). The summed E-state index contributed by atoms with van der Waals surface area (Å²) in [4.78, 5) is 1.79. The van der Waals surface area contributed by atoms with Crippen LogP contribution in [0.2, 0.25) is 0 Å². The zero-order valence-corrected chi connectivity index (χ0v) is 21.4. The van der Waals surface area contributed by atoms with Crippen molar-refractivity contribution in [1.82, 2.24) is 0 Å². The number of nitrogens with zero attached hydrogens (tertiary/aromatic N) is 1. The zero-order chi connectivity index (χ0) is 30.8. The summed E-state index contributed by atoms with van der Waals surface area (Å²) in [6.45, 7) is 0. The molecule has 0 amide bonds. The van der Waals surface area contributed by atoms with Gasteiger partial charge in [0.25, 0.3) is 0 Å². The van der Waals surface area contributed by atoms with E-state index in [-0.39, 0.29) is 17.8 Å². The quantitative estimate of drug-likeness (QED) is 0.216. The summed E-state index contributed by atoms with van der Waals surface area (Å²) in [5.74, 6) is 0. The number of fused-ring (bicyclic) bond motifs is 6. The van der Waals surface area contributed by atoms with E-state index < -0.39 is 18.1 Å². The van der Waals surface area contributed by atoms with Gasteiger partial charge in [-0.05, 0) is 69.5 Å². The standard InChI is InChI=1S/C38H25NO/c1-3-11-26(12-4-1)32-23-24-35(37-33-17-9-10-18-36(33)40-38(32)37)39(29-14-5-2-6-15-29)30-22-21-28-20-19-27-13-7-8-16-31(27)34(28)25-30/h1-25H/i2D,5D,6D,14D,15D. The Morgan fingerprint density at radius 1 is 0.550 bits per heavy atom. The number of para-hydroxylation sites is 2. The van der Waals surface area contributed by atoms with Gasteiger partial charge in [0.2, 0.25) is 0 Å². The number of hydrogen-bond donors (Lipinski definition) is 0. The Kier molecular flexibility index (Phi) is 4.12. The minimum absolute atomic E-state index is 0.0691. The van der Waals surface area contributed by atoms with Crippen LogP contribution < -0.4 is 4.90 Å². The molecule has 0 aliphatic heterocycles. The minimum atomic E-state index is -0.434. The van der Waals surface area contributed by atoms with Gasteiger partial charge in [-0.3, -0.25) is 0 Å². The second-order valence-corrected chi connectivity index (χ2v) is 9.80. The van der Waals surface area contributed by atoms with E-state index in [1.807, 2.05) is 97.1 Å². The highest BCUT2D eigenvalue weighted by Gasteiger charge is 2.22. The summed E-state index contributed by atoms with van der Waals surface area (Å²) < 4.78 is 50.0. The van der Waals surface area contributed by atoms with Crippen LogP contribution in [0.15, 0.2) is 156 Å². The van der Waals surface area contributed by atoms with Gasteiger partial charge in [0.15, 0.2) is 0 Å². The van der Waals surface area contributed by atoms with Crippen LogP contribution in [0.5, 0.6) is 0 Å². The van der Waals surface area contributed by atoms with Crippen LogP contribution in [0.4, 0.5) is 17.1 Å². The molecule has 0 N–H and O–H groups in total. The molecule has 188 valence electrons. The molecule has 0 atom stereocenters. The summed E-state index contributed by atoms with van der Waals surface area (Å²) in [6, 6.07) is 38.3. The van der Waals surface area contributed by atoms with Gasteiger partial charge in [0.05, 0.1) is 17.9 Å². The molecule has 0 fully saturated rings. The Bertz CT molecular complexity index is 2420. The van der Waals surface area contributed by atoms with Crippen molar-refractivity contribution in [3.8, 4) is 11.1 Å². The van der Waals surface area contributed by atoms with Gasteiger partial charge in [-0.2, -0.15) is 0 Å². The lowest BCUT2D eigenvalue weighted by Gasteiger charge is -2.27. The number of furan rings is 1. The van der Waals surface area contributed by atoms with E-state index in [1.54, 1.807) is 4.90 Å². The SMILES string of the molecule is [2H]c1c([2H])c([2H])c(N(c2ccc3ccc4ccccc4c3c2)c2ccc(-c3ccccc3)c3oc4ccccc4c23)c([2H])c1[2H]. The second kappa shape index (κ2) is 9.14. The van der Waals surface area contributed by atoms with E-state index in [4.69, 9.17) is 11.3 Å². The zero-order valence-electron chi connectivity index (χ0n) is 26.4. The maximum atomic E-state index is 9.03. The third-order valence-electron chi connectivity index (χ3n) is 7.53. The summed E-state index contributed by atoms with van der Waals surface area (Å²) in [5, 5.41) is 5.85. The molecule has 1 heterocycles. The van der Waals surface area contributed by atoms with E-state index >= 15 is 0 Å². The van der Waals surface area contributed by atoms with Crippen LogP contribution in [0, 0.1) is 0 Å². The van der Waals surface area contributed by atoms with Crippen molar-refractivity contribution in [1.29, 1.82) is 0 Å². The number of anilines is 3. The van der Waals surface area contributed by atoms with Gasteiger partial charge in [-0.1, -0.05) is 109 Å². The maximum Gasteiger partial charge on any atom is 0.145 e. The molecule has 0 saturated heterocycles. The van der Waals surface area contributed by atoms with Crippen molar-refractivity contribution < 1.29 is 11.3 Å². The lowest BCUT2D eigenvalue weighted by Crippen LogP contribution is -2.10. The highest BCUT2D eigenvalue weighted by molar-refractivity contribution is 6.17. The second-order valence-electron chi connectivity index (χ2n) is 9.80. The first-order valence-electron chi connectivity index (χ1n) is 15.7. The number of benzene rings is 7. The van der Waals surface area contributed by atoms with E-state index in [9.17, 15) is 0 Å². The molecule has 0 aliphatic rings. The molecule has 0 spiro atoms. The highest BCUT2D eigenvalue weighted by atomic mass is 16.3. The number of rotatable bonds is 4. The molecule has 0 radical (unpaired) electrons. The topological polar surface area (TPSA) is 16.4 Å². The van der Waals surface area contributed by atoms with Crippen LogP contribution >= 0.6 is 0 Å². The van der Waals surface area contributed by atoms with Gasteiger partial charge >= 0.3 is 0 Å². The van der Waals surface area contributed by atoms with Crippen molar-refractivity contribution in [2.75, 3.05) is 4.90 Å². The molecule has 0 saturated carbocycles. The van der Waals surface area contributed by atoms with Gasteiger partial charge in [0.1, 0.15) is 11.2 Å². The first kappa shape index (κ1) is 18.0. The maximum absolute atomic E-state index is 9.03. The van der Waals surface area contributed by atoms with Gasteiger partial charge in [-0.15, -0.1) is 0 Å². The predicted molar refractivity (Wildman–Crippen MR) is 169 cm³/mol.